The van der Waals surface area contributed by atoms with Gasteiger partial charge in [0.25, 0.3) is 5.91 Å². The average molecular weight is 315 g/mol. The molecule has 0 unspecified atom stereocenters. The van der Waals surface area contributed by atoms with Crippen molar-refractivity contribution in [3.05, 3.63) is 47.5 Å². The molecular formula is C17H17NO5. The SMILES string of the molecule is CC(C)[C@H](NC(=O)c1cccc2cccc(C(=O)O)c12)C(=O)O. The van der Waals surface area contributed by atoms with E-state index in [2.05, 4.69) is 5.32 Å². The summed E-state index contributed by atoms with van der Waals surface area (Å²) >= 11 is 0. The Kier molecular flexibility index (Phi) is 4.64. The summed E-state index contributed by atoms with van der Waals surface area (Å²) in [6.07, 6.45) is 0. The molecule has 0 bridgehead atoms. The number of hydrogen-bond donors (Lipinski definition) is 3. The van der Waals surface area contributed by atoms with Gasteiger partial charge in [0.1, 0.15) is 6.04 Å². The molecule has 0 aliphatic heterocycles. The number of amides is 1. The highest BCUT2D eigenvalue weighted by Crippen LogP contribution is 2.23. The Morgan fingerprint density at radius 3 is 2.00 bits per heavy atom. The van der Waals surface area contributed by atoms with Crippen molar-refractivity contribution in [1.82, 2.24) is 5.32 Å². The number of rotatable bonds is 5. The molecule has 23 heavy (non-hydrogen) atoms. The van der Waals surface area contributed by atoms with Crippen LogP contribution < -0.4 is 5.32 Å². The Labute approximate surface area is 132 Å². The van der Waals surface area contributed by atoms with Gasteiger partial charge in [0.2, 0.25) is 0 Å². The second kappa shape index (κ2) is 6.48. The van der Waals surface area contributed by atoms with Crippen LogP contribution in [0.2, 0.25) is 0 Å². The molecule has 0 saturated heterocycles. The Morgan fingerprint density at radius 1 is 0.957 bits per heavy atom. The Hall–Kier alpha value is -2.89. The summed E-state index contributed by atoms with van der Waals surface area (Å²) in [5.74, 6) is -3.18. The number of aromatic carboxylic acids is 1. The molecule has 6 heteroatoms. The summed E-state index contributed by atoms with van der Waals surface area (Å²) in [5.41, 5.74) is 0.150. The van der Waals surface area contributed by atoms with Gasteiger partial charge in [-0.2, -0.15) is 0 Å². The van der Waals surface area contributed by atoms with Gasteiger partial charge in [-0.05, 0) is 23.4 Å². The van der Waals surface area contributed by atoms with Gasteiger partial charge in [0.05, 0.1) is 5.56 Å². The Balaban J connectivity index is 2.53. The first-order valence-electron chi connectivity index (χ1n) is 7.11. The van der Waals surface area contributed by atoms with Crippen molar-refractivity contribution in [3.8, 4) is 0 Å². The van der Waals surface area contributed by atoms with Crippen LogP contribution in [0.25, 0.3) is 10.8 Å². The normalized spacial score (nSPS) is 12.1. The molecular weight excluding hydrogens is 298 g/mol. The molecule has 3 N–H and O–H groups in total. The van der Waals surface area contributed by atoms with Gasteiger partial charge < -0.3 is 15.5 Å². The van der Waals surface area contributed by atoms with Crippen LogP contribution in [-0.2, 0) is 4.79 Å². The standard InChI is InChI=1S/C17H17NO5/c1-9(2)14(17(22)23)18-15(19)11-7-3-5-10-6-4-8-12(13(10)11)16(20)21/h3-9,14H,1-2H3,(H,18,19)(H,20,21)(H,22,23)/t14-/m0/s1. The van der Waals surface area contributed by atoms with E-state index in [1.54, 1.807) is 38.1 Å². The van der Waals surface area contributed by atoms with E-state index < -0.39 is 23.9 Å². The van der Waals surface area contributed by atoms with Crippen molar-refractivity contribution in [2.75, 3.05) is 0 Å². The second-order valence-electron chi connectivity index (χ2n) is 5.55. The van der Waals surface area contributed by atoms with Crippen LogP contribution in [0, 0.1) is 5.92 Å². The maximum absolute atomic E-state index is 12.5. The molecule has 0 aliphatic rings. The number of hydrogen-bond acceptors (Lipinski definition) is 3. The zero-order chi connectivity index (χ0) is 17.1. The van der Waals surface area contributed by atoms with E-state index >= 15 is 0 Å². The van der Waals surface area contributed by atoms with E-state index in [-0.39, 0.29) is 17.0 Å². The van der Waals surface area contributed by atoms with E-state index in [4.69, 9.17) is 0 Å². The van der Waals surface area contributed by atoms with Gasteiger partial charge in [-0.3, -0.25) is 4.79 Å². The lowest BCUT2D eigenvalue weighted by molar-refractivity contribution is -0.140. The van der Waals surface area contributed by atoms with Crippen LogP contribution in [0.1, 0.15) is 34.6 Å². The number of aliphatic carboxylic acids is 1. The lowest BCUT2D eigenvalue weighted by Gasteiger charge is -2.18. The Bertz CT molecular complexity index is 776. The van der Waals surface area contributed by atoms with Crippen LogP contribution in [0.15, 0.2) is 36.4 Å². The highest BCUT2D eigenvalue weighted by atomic mass is 16.4. The maximum atomic E-state index is 12.5. The molecule has 0 heterocycles. The van der Waals surface area contributed by atoms with E-state index in [0.29, 0.717) is 10.8 Å². The number of carboxylic acid groups (broad SMARTS) is 2. The predicted octanol–water partition coefficient (Wildman–Crippen LogP) is 2.38. The first kappa shape index (κ1) is 16.5. The lowest BCUT2D eigenvalue weighted by atomic mass is 9.97. The van der Waals surface area contributed by atoms with E-state index in [0.717, 1.165) is 0 Å². The smallest absolute Gasteiger partial charge is 0.336 e. The highest BCUT2D eigenvalue weighted by molar-refractivity contribution is 6.14. The molecule has 1 amide bonds. The van der Waals surface area contributed by atoms with Gasteiger partial charge in [0, 0.05) is 10.9 Å². The van der Waals surface area contributed by atoms with Crippen LogP contribution in [0.4, 0.5) is 0 Å². The zero-order valence-corrected chi connectivity index (χ0v) is 12.7. The lowest BCUT2D eigenvalue weighted by Crippen LogP contribution is -2.44. The van der Waals surface area contributed by atoms with Gasteiger partial charge >= 0.3 is 11.9 Å². The number of carbonyl (C=O) groups is 3. The van der Waals surface area contributed by atoms with Crippen molar-refractivity contribution in [1.29, 1.82) is 0 Å². The number of benzene rings is 2. The number of carboxylic acids is 2. The minimum Gasteiger partial charge on any atom is -0.480 e. The fraction of sp³-hybridized carbons (Fsp3) is 0.235. The van der Waals surface area contributed by atoms with Gasteiger partial charge in [0.15, 0.2) is 0 Å². The average Bonchev–Trinajstić information content (AvgIpc) is 2.50. The molecule has 1 atom stereocenters. The monoisotopic (exact) mass is 315 g/mol. The molecule has 2 aromatic carbocycles. The molecule has 0 radical (unpaired) electrons. The first-order chi connectivity index (χ1) is 10.8. The predicted molar refractivity (Wildman–Crippen MR) is 84.6 cm³/mol. The van der Waals surface area contributed by atoms with E-state index in [1.807, 2.05) is 0 Å². The Morgan fingerprint density at radius 2 is 1.52 bits per heavy atom. The summed E-state index contributed by atoms with van der Waals surface area (Å²) in [6.45, 7) is 3.37. The van der Waals surface area contributed by atoms with Crippen molar-refractivity contribution >= 4 is 28.6 Å². The second-order valence-corrected chi connectivity index (χ2v) is 5.55. The third-order valence-electron chi connectivity index (χ3n) is 3.60. The number of nitrogens with one attached hydrogen (secondary N) is 1. The topological polar surface area (TPSA) is 104 Å². The fourth-order valence-corrected chi connectivity index (χ4v) is 2.44. The first-order valence-corrected chi connectivity index (χ1v) is 7.11. The molecule has 0 fully saturated rings. The van der Waals surface area contributed by atoms with Crippen LogP contribution in [-0.4, -0.2) is 34.1 Å². The van der Waals surface area contributed by atoms with E-state index in [1.165, 1.54) is 12.1 Å². The summed E-state index contributed by atoms with van der Waals surface area (Å²) < 4.78 is 0. The molecule has 2 rings (SSSR count). The van der Waals surface area contributed by atoms with Crippen molar-refractivity contribution in [2.24, 2.45) is 5.92 Å². The third kappa shape index (κ3) is 3.31. The summed E-state index contributed by atoms with van der Waals surface area (Å²) in [5, 5.41) is 21.9. The minimum atomic E-state index is -1.14. The van der Waals surface area contributed by atoms with E-state index in [9.17, 15) is 24.6 Å². The molecule has 6 nitrogen and oxygen atoms in total. The van der Waals surface area contributed by atoms with Gasteiger partial charge in [-0.15, -0.1) is 0 Å². The molecule has 2 aromatic rings. The molecule has 0 saturated carbocycles. The van der Waals surface area contributed by atoms with Crippen LogP contribution in [0.5, 0.6) is 0 Å². The summed E-state index contributed by atoms with van der Waals surface area (Å²) in [6, 6.07) is 8.50. The highest BCUT2D eigenvalue weighted by Gasteiger charge is 2.25. The summed E-state index contributed by atoms with van der Waals surface area (Å²) in [7, 11) is 0. The molecule has 0 spiro atoms. The molecule has 0 aliphatic carbocycles. The minimum absolute atomic E-state index is 0.00433. The number of fused-ring (bicyclic) bond motifs is 1. The van der Waals surface area contributed by atoms with Crippen molar-refractivity contribution < 1.29 is 24.6 Å². The van der Waals surface area contributed by atoms with Gasteiger partial charge in [-0.25, -0.2) is 9.59 Å². The van der Waals surface area contributed by atoms with Crippen molar-refractivity contribution in [2.45, 2.75) is 19.9 Å². The fourth-order valence-electron chi connectivity index (χ4n) is 2.44. The maximum Gasteiger partial charge on any atom is 0.336 e. The molecule has 0 aromatic heterocycles. The molecule has 120 valence electrons. The van der Waals surface area contributed by atoms with Crippen LogP contribution in [0.3, 0.4) is 0 Å². The quantitative estimate of drug-likeness (QED) is 0.786. The number of carbonyl (C=O) groups excluding carboxylic acids is 1. The largest absolute Gasteiger partial charge is 0.480 e. The van der Waals surface area contributed by atoms with Gasteiger partial charge in [-0.1, -0.05) is 38.1 Å². The van der Waals surface area contributed by atoms with Crippen LogP contribution >= 0.6 is 0 Å². The zero-order valence-electron chi connectivity index (χ0n) is 12.7. The summed E-state index contributed by atoms with van der Waals surface area (Å²) in [4.78, 5) is 35.1. The third-order valence-corrected chi connectivity index (χ3v) is 3.60. The van der Waals surface area contributed by atoms with Crippen molar-refractivity contribution in [3.63, 3.8) is 0 Å².